The highest BCUT2D eigenvalue weighted by Crippen LogP contribution is 2.33. The fraction of sp³-hybridized carbons (Fsp3) is 0.364. The van der Waals surface area contributed by atoms with E-state index in [2.05, 4.69) is 9.97 Å². The van der Waals surface area contributed by atoms with Crippen LogP contribution in [0.5, 0.6) is 0 Å². The largest absolute Gasteiger partial charge is 0.412 e. The van der Waals surface area contributed by atoms with E-state index in [0.717, 1.165) is 17.6 Å². The van der Waals surface area contributed by atoms with Gasteiger partial charge in [-0.25, -0.2) is 9.97 Å². The molecule has 1 aromatic carbocycles. The summed E-state index contributed by atoms with van der Waals surface area (Å²) in [4.78, 5) is 36.5. The van der Waals surface area contributed by atoms with Crippen molar-refractivity contribution in [2.75, 3.05) is 7.11 Å². The second-order valence-corrected chi connectivity index (χ2v) is 7.33. The van der Waals surface area contributed by atoms with E-state index in [4.69, 9.17) is 28.0 Å². The highest BCUT2D eigenvalue weighted by Gasteiger charge is 2.25. The number of rotatable bonds is 3. The van der Waals surface area contributed by atoms with Crippen LogP contribution in [0.4, 0.5) is 0 Å². The van der Waals surface area contributed by atoms with Gasteiger partial charge in [-0.1, -0.05) is 43.1 Å². The summed E-state index contributed by atoms with van der Waals surface area (Å²) in [6.07, 6.45) is 3.92. The minimum atomic E-state index is -0.386. The predicted molar refractivity (Wildman–Crippen MR) is 121 cm³/mol. The quantitative estimate of drug-likeness (QED) is 0.552. The van der Waals surface area contributed by atoms with Gasteiger partial charge in [-0.05, 0) is 44.9 Å². The molecule has 1 saturated carbocycles. The Kier molecular flexibility index (Phi) is 8.38. The molecule has 160 valence electrons. The van der Waals surface area contributed by atoms with Crippen LogP contribution in [-0.4, -0.2) is 27.6 Å². The lowest BCUT2D eigenvalue weighted by Crippen LogP contribution is -2.27. The van der Waals surface area contributed by atoms with Crippen LogP contribution in [0.25, 0.3) is 22.2 Å². The number of halogens is 2. The van der Waals surface area contributed by atoms with Crippen LogP contribution >= 0.6 is 23.2 Å². The molecule has 30 heavy (non-hydrogen) atoms. The van der Waals surface area contributed by atoms with Crippen molar-refractivity contribution in [1.29, 1.82) is 0 Å². The van der Waals surface area contributed by atoms with Crippen molar-refractivity contribution in [3.05, 3.63) is 56.7 Å². The first-order valence-electron chi connectivity index (χ1n) is 9.72. The van der Waals surface area contributed by atoms with Gasteiger partial charge in [-0.3, -0.25) is 9.59 Å². The highest BCUT2D eigenvalue weighted by atomic mass is 35.5. The number of Topliss-reactive ketones (excluding diaryl/α,β-unsaturated/α-hetero) is 1. The van der Waals surface area contributed by atoms with Crippen LogP contribution in [-0.2, 0) is 4.79 Å². The molecule has 0 radical (unpaired) electrons. The van der Waals surface area contributed by atoms with Gasteiger partial charge in [-0.2, -0.15) is 0 Å². The van der Waals surface area contributed by atoms with E-state index in [1.807, 2.05) is 13.8 Å². The number of carbonyl (C=O) groups is 1. The lowest BCUT2D eigenvalue weighted by atomic mass is 10.1. The van der Waals surface area contributed by atoms with Gasteiger partial charge in [0, 0.05) is 23.1 Å². The average molecular weight is 450 g/mol. The van der Waals surface area contributed by atoms with E-state index in [1.165, 1.54) is 7.11 Å². The van der Waals surface area contributed by atoms with Gasteiger partial charge in [0.05, 0.1) is 15.6 Å². The van der Waals surface area contributed by atoms with Crippen molar-refractivity contribution in [2.45, 2.75) is 40.5 Å². The lowest BCUT2D eigenvalue weighted by Gasteiger charge is -2.12. The molecule has 1 aliphatic rings. The third-order valence-corrected chi connectivity index (χ3v) is 5.02. The molecule has 3 aromatic rings. The molecule has 2 heterocycles. The number of fused-ring (bicyclic) bond motifs is 1. The number of ketones is 1. The number of benzene rings is 1. The average Bonchev–Trinajstić information content (AvgIpc) is 3.56. The first kappa shape index (κ1) is 23.8. The summed E-state index contributed by atoms with van der Waals surface area (Å²) in [6, 6.07) is 6.74. The van der Waals surface area contributed by atoms with E-state index < -0.39 is 0 Å². The smallest absolute Gasteiger partial charge is 0.293 e. The molecule has 0 atom stereocenters. The van der Waals surface area contributed by atoms with Crippen LogP contribution < -0.4 is 10.4 Å². The van der Waals surface area contributed by atoms with Gasteiger partial charge in [0.15, 0.2) is 5.65 Å². The third-order valence-electron chi connectivity index (χ3n) is 4.39. The van der Waals surface area contributed by atoms with Crippen LogP contribution in [0.1, 0.15) is 39.4 Å². The molecule has 8 heteroatoms. The molecule has 0 N–H and O–H groups in total. The van der Waals surface area contributed by atoms with E-state index in [-0.39, 0.29) is 5.56 Å². The number of carbonyl (C=O) groups excluding carboxylic acids is 1. The maximum absolute atomic E-state index is 12.7. The van der Waals surface area contributed by atoms with E-state index in [9.17, 15) is 9.59 Å². The van der Waals surface area contributed by atoms with Crippen molar-refractivity contribution in [2.24, 2.45) is 5.92 Å². The van der Waals surface area contributed by atoms with Crippen molar-refractivity contribution in [1.82, 2.24) is 14.7 Å². The molecular formula is C22H25Cl2N3O3. The Morgan fingerprint density at radius 1 is 1.20 bits per heavy atom. The molecule has 0 unspecified atom stereocenters. The van der Waals surface area contributed by atoms with Gasteiger partial charge in [0.2, 0.25) is 0 Å². The Morgan fingerprint density at radius 2 is 1.80 bits per heavy atom. The van der Waals surface area contributed by atoms with Crippen molar-refractivity contribution < 1.29 is 9.63 Å². The first-order chi connectivity index (χ1) is 14.3. The summed E-state index contributed by atoms with van der Waals surface area (Å²) in [6.45, 7) is 7.40. The van der Waals surface area contributed by atoms with Gasteiger partial charge >= 0.3 is 0 Å². The number of pyridine rings is 1. The maximum atomic E-state index is 12.7. The minimum Gasteiger partial charge on any atom is -0.412 e. The van der Waals surface area contributed by atoms with Crippen LogP contribution in [0.15, 0.2) is 35.3 Å². The fourth-order valence-corrected chi connectivity index (χ4v) is 3.35. The predicted octanol–water partition coefficient (Wildman–Crippen LogP) is 5.14. The van der Waals surface area contributed by atoms with Gasteiger partial charge in [0.25, 0.3) is 5.56 Å². The molecule has 0 saturated heterocycles. The third kappa shape index (κ3) is 5.37. The standard InChI is InChI=1S/C15H11Cl2N3O2.C5H8O.C2H6/c1-8-18-7-9-6-10(13-11(16)4-3-5-12(13)17)15(21)20(22-2)14(9)19-8;1-4(6)5-2-3-5;1-2/h3-7H,1-2H3;5H,2-3H2,1H3;1-2H3. The SMILES string of the molecule is CC.CC(=O)C1CC1.COn1c(=O)c(-c2c(Cl)cccc2Cl)cc2cnc(C)nc21. The van der Waals surface area contributed by atoms with E-state index in [0.29, 0.717) is 49.7 Å². The zero-order valence-corrected chi connectivity index (χ0v) is 19.2. The van der Waals surface area contributed by atoms with Crippen LogP contribution in [0, 0.1) is 12.8 Å². The normalized spacial score (nSPS) is 12.4. The molecule has 1 aliphatic carbocycles. The summed E-state index contributed by atoms with van der Waals surface area (Å²) in [5, 5.41) is 1.43. The summed E-state index contributed by atoms with van der Waals surface area (Å²) >= 11 is 12.4. The number of nitrogens with zero attached hydrogens (tertiary/aromatic N) is 3. The second-order valence-electron chi connectivity index (χ2n) is 6.52. The Bertz CT molecular complexity index is 1090. The zero-order chi connectivity index (χ0) is 22.4. The van der Waals surface area contributed by atoms with Gasteiger partial charge in [-0.15, -0.1) is 4.73 Å². The Hall–Kier alpha value is -2.44. The van der Waals surface area contributed by atoms with Crippen molar-refractivity contribution >= 4 is 40.0 Å². The molecule has 4 rings (SSSR count). The van der Waals surface area contributed by atoms with Crippen molar-refractivity contribution in [3.8, 4) is 11.1 Å². The Balaban J connectivity index is 0.000000340. The number of aryl methyl sites for hydroxylation is 1. The summed E-state index contributed by atoms with van der Waals surface area (Å²) < 4.78 is 1.11. The number of aromatic nitrogens is 3. The lowest BCUT2D eigenvalue weighted by molar-refractivity contribution is -0.118. The molecule has 0 aliphatic heterocycles. The zero-order valence-electron chi connectivity index (χ0n) is 17.7. The van der Waals surface area contributed by atoms with Gasteiger partial charge < -0.3 is 4.84 Å². The van der Waals surface area contributed by atoms with Crippen molar-refractivity contribution in [3.63, 3.8) is 0 Å². The minimum absolute atomic E-state index is 0.331. The summed E-state index contributed by atoms with van der Waals surface area (Å²) in [5.41, 5.74) is 0.802. The molecule has 0 spiro atoms. The highest BCUT2D eigenvalue weighted by molar-refractivity contribution is 6.39. The van der Waals surface area contributed by atoms with Crippen LogP contribution in [0.2, 0.25) is 10.0 Å². The van der Waals surface area contributed by atoms with E-state index >= 15 is 0 Å². The molecule has 0 amide bonds. The Morgan fingerprint density at radius 3 is 2.27 bits per heavy atom. The van der Waals surface area contributed by atoms with Gasteiger partial charge in [0.1, 0.15) is 18.7 Å². The fourth-order valence-electron chi connectivity index (χ4n) is 2.75. The van der Waals surface area contributed by atoms with Crippen LogP contribution in [0.3, 0.4) is 0 Å². The Labute approximate surface area is 185 Å². The summed E-state index contributed by atoms with van der Waals surface area (Å²) in [5.74, 6) is 1.38. The molecule has 2 aromatic heterocycles. The topological polar surface area (TPSA) is 74.1 Å². The summed E-state index contributed by atoms with van der Waals surface area (Å²) in [7, 11) is 1.40. The van der Waals surface area contributed by atoms with E-state index in [1.54, 1.807) is 44.3 Å². The molecule has 0 bridgehead atoms. The second kappa shape index (κ2) is 10.5. The molecule has 1 fully saturated rings. The number of hydrogen-bond donors (Lipinski definition) is 0. The molecule has 6 nitrogen and oxygen atoms in total. The maximum Gasteiger partial charge on any atom is 0.293 e. The molecular weight excluding hydrogens is 425 g/mol. The first-order valence-corrected chi connectivity index (χ1v) is 10.5. The number of hydrogen-bond acceptors (Lipinski definition) is 5. The monoisotopic (exact) mass is 449 g/mol.